The third-order valence-electron chi connectivity index (χ3n) is 16.1. The molecule has 2 aromatic heterocycles. The maximum absolute atomic E-state index is 13.7. The lowest BCUT2D eigenvalue weighted by molar-refractivity contribution is -0.172. The molecule has 0 bridgehead atoms. The summed E-state index contributed by atoms with van der Waals surface area (Å²) in [6.07, 6.45) is 4.74. The van der Waals surface area contributed by atoms with E-state index in [1.165, 1.54) is 0 Å². The van der Waals surface area contributed by atoms with Gasteiger partial charge in [-0.1, -0.05) is 53.7 Å². The van der Waals surface area contributed by atoms with Crippen molar-refractivity contribution in [1.29, 1.82) is 0 Å². The molecule has 0 fully saturated rings. The molecule has 96 heavy (non-hydrogen) atoms. The number of carbonyl (C=O) groups is 6. The number of carbonyl (C=O) groups excluding carboxylic acids is 6. The third-order valence-corrected chi connectivity index (χ3v) is 16.1. The average Bonchev–Trinajstić information content (AvgIpc) is 1.57. The van der Waals surface area contributed by atoms with Gasteiger partial charge in [0.1, 0.15) is 31.0 Å². The first-order chi connectivity index (χ1) is 46.4. The number of hydrogen-bond donors (Lipinski definition) is 7. The number of pyridine rings is 2. The van der Waals surface area contributed by atoms with Gasteiger partial charge in [0.2, 0.25) is 17.7 Å². The van der Waals surface area contributed by atoms with Crippen LogP contribution in [-0.2, 0) is 98.3 Å². The average molecular weight is 1350 g/mol. The van der Waals surface area contributed by atoms with Crippen LogP contribution in [0.3, 0.4) is 0 Å². The number of hydrogen-bond acceptors (Lipinski definition) is 20. The normalized spacial score (nSPS) is 14.6. The summed E-state index contributed by atoms with van der Waals surface area (Å²) in [7, 11) is 0. The molecule has 4 aromatic rings. The molecule has 6 amide bonds. The molecule has 3 atom stereocenters. The number of cyclic esters (lactones) is 1. The highest BCUT2D eigenvalue weighted by Gasteiger charge is 2.45. The first kappa shape index (κ1) is 77.7. The second-order valence-corrected chi connectivity index (χ2v) is 24.1. The quantitative estimate of drug-likeness (QED) is 0.0171. The highest BCUT2D eigenvalue weighted by Crippen LogP contribution is 2.41. The first-order valence-corrected chi connectivity index (χ1v) is 33.7. The highest BCUT2D eigenvalue weighted by molar-refractivity contribution is 5.98. The molecule has 2 aliphatic heterocycles. The van der Waals surface area contributed by atoms with Gasteiger partial charge in [0.15, 0.2) is 5.60 Å². The molecule has 0 saturated heterocycles. The van der Waals surface area contributed by atoms with Gasteiger partial charge in [-0.15, -0.1) is 0 Å². The van der Waals surface area contributed by atoms with E-state index in [2.05, 4.69) is 40.4 Å². The number of nitrogens with one attached hydrogen (secondary N) is 5. The number of primary amides is 1. The van der Waals surface area contributed by atoms with E-state index in [9.17, 15) is 38.7 Å². The Kier molecular flexibility index (Phi) is 34.3. The molecule has 0 saturated carbocycles. The maximum Gasteiger partial charge on any atom is 0.407 e. The maximum atomic E-state index is 13.7. The Hall–Kier alpha value is -7.34. The van der Waals surface area contributed by atoms with Crippen LogP contribution >= 0.6 is 0 Å². The number of unbranched alkanes of at least 4 members (excludes halogenated alkanes) is 2. The molecule has 0 radical (unpaired) electrons. The molecular formula is C69H102N8O19. The molecule has 8 N–H and O–H groups in total. The summed E-state index contributed by atoms with van der Waals surface area (Å²) in [5.41, 5.74) is 8.34. The van der Waals surface area contributed by atoms with Crippen molar-refractivity contribution in [3.05, 3.63) is 86.7 Å². The van der Waals surface area contributed by atoms with Crippen LogP contribution in [0.5, 0.6) is 5.75 Å². The van der Waals surface area contributed by atoms with Gasteiger partial charge in [0.05, 0.1) is 122 Å². The monoisotopic (exact) mass is 1350 g/mol. The minimum atomic E-state index is -1.92. The number of aryl methyl sites for hydroxylation is 1. The number of urea groups is 1. The van der Waals surface area contributed by atoms with Gasteiger partial charge in [0, 0.05) is 61.5 Å². The van der Waals surface area contributed by atoms with Crippen molar-refractivity contribution in [2.24, 2.45) is 17.6 Å². The predicted octanol–water partition coefficient (Wildman–Crippen LogP) is 6.09. The van der Waals surface area contributed by atoms with Gasteiger partial charge in [-0.2, -0.15) is 0 Å². The fraction of sp³-hybridized carbons (Fsp3) is 0.623. The second kappa shape index (κ2) is 42.4. The van der Waals surface area contributed by atoms with Gasteiger partial charge >= 0.3 is 18.1 Å². The summed E-state index contributed by atoms with van der Waals surface area (Å²) < 4.78 is 62.9. The molecule has 0 spiro atoms. The molecule has 2 aliphatic rings. The Morgan fingerprint density at radius 1 is 0.667 bits per heavy atom. The minimum Gasteiger partial charge on any atom is -0.494 e. The molecule has 0 aliphatic carbocycles. The second-order valence-electron chi connectivity index (χ2n) is 24.1. The summed E-state index contributed by atoms with van der Waals surface area (Å²) >= 11 is 0. The van der Waals surface area contributed by atoms with Crippen molar-refractivity contribution in [1.82, 2.24) is 30.8 Å². The lowest BCUT2D eigenvalue weighted by Crippen LogP contribution is -2.54. The molecule has 27 nitrogen and oxygen atoms in total. The van der Waals surface area contributed by atoms with Crippen LogP contribution in [0, 0.1) is 11.8 Å². The first-order valence-electron chi connectivity index (χ1n) is 33.7. The van der Waals surface area contributed by atoms with Gasteiger partial charge in [-0.3, -0.25) is 19.2 Å². The lowest BCUT2D eigenvalue weighted by Gasteiger charge is -2.31. The van der Waals surface area contributed by atoms with Crippen molar-refractivity contribution in [3.63, 3.8) is 0 Å². The molecule has 2 aromatic carbocycles. The number of nitrogens with two attached hydrogens (primary N) is 1. The minimum absolute atomic E-state index is 0.00203. The number of aliphatic hydroxyl groups is 1. The van der Waals surface area contributed by atoms with Crippen molar-refractivity contribution in [2.75, 3.05) is 131 Å². The van der Waals surface area contributed by atoms with Crippen molar-refractivity contribution >= 4 is 52.4 Å². The summed E-state index contributed by atoms with van der Waals surface area (Å²) in [5.74, 6) is -1.36. The Morgan fingerprint density at radius 2 is 1.27 bits per heavy atom. The van der Waals surface area contributed by atoms with E-state index in [0.717, 1.165) is 48.8 Å². The smallest absolute Gasteiger partial charge is 0.407 e. The summed E-state index contributed by atoms with van der Waals surface area (Å²) in [6, 6.07) is 11.2. The van der Waals surface area contributed by atoms with Crippen molar-refractivity contribution in [2.45, 2.75) is 143 Å². The molecule has 27 heteroatoms. The molecule has 4 heterocycles. The topological polar surface area (TPSA) is 345 Å². The molecule has 0 unspecified atom stereocenters. The Labute approximate surface area is 562 Å². The van der Waals surface area contributed by atoms with Crippen LogP contribution in [0.15, 0.2) is 53.3 Å². The largest absolute Gasteiger partial charge is 0.494 e. The number of alkyl carbamates (subject to hydrolysis) is 1. The lowest BCUT2D eigenvalue weighted by atomic mass is 9.86. The number of esters is 1. The van der Waals surface area contributed by atoms with Gasteiger partial charge in [-0.25, -0.2) is 19.4 Å². The summed E-state index contributed by atoms with van der Waals surface area (Å²) in [6.45, 7) is 20.3. The van der Waals surface area contributed by atoms with E-state index < -0.39 is 53.5 Å². The predicted molar refractivity (Wildman–Crippen MR) is 357 cm³/mol. The zero-order valence-corrected chi connectivity index (χ0v) is 56.8. The SMILES string of the molecule is CCc1c2c(nc3ccc(OCCCNC(=O)OCc4ccc(NC(=O)[C@H](CCCNC(N)=O)NC(=O)[C@@H](NC(=O)CCOCCOCCCCCOCCOCCOCCOCCOCCOCCC(C)C)C(C)C)cc4)cc13)-c1cc3c(c(=O)n1C2)COC(=O)[C@]3(O)CC. The third kappa shape index (κ3) is 25.6. The number of rotatable bonds is 49. The van der Waals surface area contributed by atoms with Crippen LogP contribution < -0.4 is 42.6 Å². The van der Waals surface area contributed by atoms with E-state index in [1.54, 1.807) is 61.7 Å². The Bertz CT molecular complexity index is 3150. The van der Waals surface area contributed by atoms with E-state index in [-0.39, 0.29) is 87.9 Å². The number of fused-ring (bicyclic) bond motifs is 5. The fourth-order valence-electron chi connectivity index (χ4n) is 10.6. The molecular weight excluding hydrogens is 1240 g/mol. The number of anilines is 1. The van der Waals surface area contributed by atoms with Crippen LogP contribution in [0.4, 0.5) is 15.3 Å². The van der Waals surface area contributed by atoms with Crippen molar-refractivity contribution in [3.8, 4) is 17.1 Å². The van der Waals surface area contributed by atoms with E-state index >= 15 is 0 Å². The zero-order chi connectivity index (χ0) is 69.1. The fourth-order valence-corrected chi connectivity index (χ4v) is 10.6. The van der Waals surface area contributed by atoms with Crippen LogP contribution in [0.1, 0.15) is 127 Å². The van der Waals surface area contributed by atoms with E-state index in [0.29, 0.717) is 152 Å². The van der Waals surface area contributed by atoms with E-state index in [4.69, 9.17) is 62.8 Å². The van der Waals surface area contributed by atoms with Crippen LogP contribution in [0.2, 0.25) is 0 Å². The Morgan fingerprint density at radius 3 is 1.86 bits per heavy atom. The number of nitrogens with zero attached hydrogens (tertiary/aromatic N) is 2. The van der Waals surface area contributed by atoms with E-state index in [1.807, 2.05) is 19.1 Å². The number of amides is 6. The van der Waals surface area contributed by atoms with Gasteiger partial charge < -0.3 is 94.1 Å². The number of ether oxygens (including phenoxy) is 11. The number of aromatic nitrogens is 2. The standard InChI is InChI=1S/C69H102N8O19/c1-7-52-53-42-51(19-20-57(53)74-62-54(52)44-77-59(62)43-56-55(65(77)81)46-95-66(82)69(56,85)8-2)94-27-13-24-72-68(84)96-45-49-15-17-50(18-16-49)73-63(79)58(14-12-23-71-67(70)83)75-64(80)61(48(5)6)76-60(78)22-29-89-32-30-86-25-10-9-11-26-87-31-34-90-36-38-92-40-41-93-39-37-91-35-33-88-28-21-47(3)4/h15-20,42-43,47-48,58,61,85H,7-14,21-41,44-46H2,1-6H3,(H,72,84)(H,73,79)(H,75,80)(H,76,78)(H3,70,71,83)/t58-,61-,69-/m0/s1. The summed E-state index contributed by atoms with van der Waals surface area (Å²) in [5, 5.41) is 25.7. The summed E-state index contributed by atoms with van der Waals surface area (Å²) in [4.78, 5) is 95.8. The number of benzene rings is 2. The van der Waals surface area contributed by atoms with Crippen molar-refractivity contribution < 1.29 is 86.0 Å². The Balaban J connectivity index is 0.803. The van der Waals surface area contributed by atoms with Crippen LogP contribution in [-0.4, -0.2) is 188 Å². The van der Waals surface area contributed by atoms with Crippen LogP contribution in [0.25, 0.3) is 22.3 Å². The highest BCUT2D eigenvalue weighted by atomic mass is 16.6. The zero-order valence-electron chi connectivity index (χ0n) is 56.8. The van der Waals surface area contributed by atoms with Gasteiger partial charge in [-0.05, 0) is 117 Å². The van der Waals surface area contributed by atoms with Gasteiger partial charge in [0.25, 0.3) is 5.56 Å². The molecule has 6 rings (SSSR count). The molecule has 532 valence electrons.